The van der Waals surface area contributed by atoms with Crippen LogP contribution in [-0.2, 0) is 20.7 Å². The summed E-state index contributed by atoms with van der Waals surface area (Å²) in [4.78, 5) is 23.9. The zero-order chi connectivity index (χ0) is 16.5. The second-order valence-corrected chi connectivity index (χ2v) is 6.21. The van der Waals surface area contributed by atoms with Gasteiger partial charge in [-0.15, -0.1) is 0 Å². The predicted molar refractivity (Wildman–Crippen MR) is 76.2 cm³/mol. The van der Waals surface area contributed by atoms with E-state index in [1.165, 1.54) is 13.0 Å². The number of hydrogen-bond donors (Lipinski definition) is 0. The van der Waals surface area contributed by atoms with E-state index in [-0.39, 0.29) is 30.5 Å². The van der Waals surface area contributed by atoms with Crippen LogP contribution < -0.4 is 9.47 Å². The van der Waals surface area contributed by atoms with Crippen molar-refractivity contribution >= 4 is 11.8 Å². The lowest BCUT2D eigenvalue weighted by Crippen LogP contribution is -2.33. The van der Waals surface area contributed by atoms with E-state index in [4.69, 9.17) is 14.2 Å². The highest BCUT2D eigenvalue weighted by atomic mass is 19.1. The van der Waals surface area contributed by atoms with Gasteiger partial charge in [-0.1, -0.05) is 0 Å². The van der Waals surface area contributed by atoms with Crippen molar-refractivity contribution in [2.24, 2.45) is 5.92 Å². The van der Waals surface area contributed by atoms with E-state index in [0.29, 0.717) is 5.56 Å². The highest BCUT2D eigenvalue weighted by Crippen LogP contribution is 2.36. The molecule has 0 saturated heterocycles. The molecule has 0 fully saturated rings. The third kappa shape index (κ3) is 3.75. The molecule has 1 aliphatic heterocycles. The Kier molecular flexibility index (Phi) is 4.39. The zero-order valence-corrected chi connectivity index (χ0v) is 13.1. The summed E-state index contributed by atoms with van der Waals surface area (Å²) in [5, 5.41) is 0. The number of halogens is 1. The molecule has 1 aromatic rings. The lowest BCUT2D eigenvalue weighted by atomic mass is 9.95. The number of benzene rings is 1. The molecule has 2 rings (SSSR count). The van der Waals surface area contributed by atoms with Crippen LogP contribution in [0.15, 0.2) is 12.1 Å². The maximum Gasteiger partial charge on any atom is 0.317 e. The van der Waals surface area contributed by atoms with E-state index in [0.717, 1.165) is 0 Å². The van der Waals surface area contributed by atoms with Crippen LogP contribution in [0.5, 0.6) is 11.5 Å². The smallest absolute Gasteiger partial charge is 0.317 e. The first-order valence-corrected chi connectivity index (χ1v) is 6.98. The van der Waals surface area contributed by atoms with Crippen molar-refractivity contribution in [3.8, 4) is 11.5 Å². The predicted octanol–water partition coefficient (Wildman–Crippen LogP) is 2.64. The molecule has 0 amide bonds. The first kappa shape index (κ1) is 16.3. The van der Waals surface area contributed by atoms with Crippen LogP contribution in [0.3, 0.4) is 0 Å². The van der Waals surface area contributed by atoms with Gasteiger partial charge in [0, 0.05) is 0 Å². The average Bonchev–Trinajstić information content (AvgIpc) is 2.82. The molecule has 0 radical (unpaired) electrons. The van der Waals surface area contributed by atoms with Gasteiger partial charge in [-0.25, -0.2) is 4.39 Å². The van der Waals surface area contributed by atoms with Crippen molar-refractivity contribution in [2.75, 3.05) is 6.79 Å². The van der Waals surface area contributed by atoms with Gasteiger partial charge in [-0.2, -0.15) is 0 Å². The van der Waals surface area contributed by atoms with Crippen LogP contribution in [0.1, 0.15) is 33.3 Å². The minimum Gasteiger partial charge on any atom is -0.459 e. The summed E-state index contributed by atoms with van der Waals surface area (Å²) in [6.07, 6.45) is 0.0534. The summed E-state index contributed by atoms with van der Waals surface area (Å²) in [7, 11) is 0. The Balaban J connectivity index is 2.20. The second-order valence-electron chi connectivity index (χ2n) is 6.21. The Morgan fingerprint density at radius 2 is 2.00 bits per heavy atom. The Bertz CT molecular complexity index is 603. The van der Waals surface area contributed by atoms with Crippen molar-refractivity contribution in [3.63, 3.8) is 0 Å². The molecule has 0 aliphatic carbocycles. The van der Waals surface area contributed by atoms with Gasteiger partial charge >= 0.3 is 5.97 Å². The monoisotopic (exact) mass is 310 g/mol. The quantitative estimate of drug-likeness (QED) is 0.632. The summed E-state index contributed by atoms with van der Waals surface area (Å²) in [5.74, 6) is -2.15. The molecule has 0 saturated carbocycles. The van der Waals surface area contributed by atoms with Gasteiger partial charge in [-0.05, 0) is 51.8 Å². The molecule has 1 atom stereocenters. The number of hydrogen-bond acceptors (Lipinski definition) is 5. The topological polar surface area (TPSA) is 61.8 Å². The number of ketones is 1. The molecule has 1 heterocycles. The third-order valence-electron chi connectivity index (χ3n) is 3.11. The van der Waals surface area contributed by atoms with Gasteiger partial charge < -0.3 is 14.2 Å². The van der Waals surface area contributed by atoms with E-state index in [2.05, 4.69) is 0 Å². The standard InChI is InChI=1S/C16H19FO5/c1-9(18)11(15(19)22-16(2,3)4)5-10-6-12(17)14-13(7-10)20-8-21-14/h6-7,11H,5,8H2,1-4H3. The first-order valence-electron chi connectivity index (χ1n) is 6.98. The van der Waals surface area contributed by atoms with Crippen LogP contribution in [0.4, 0.5) is 4.39 Å². The van der Waals surface area contributed by atoms with E-state index in [1.54, 1.807) is 26.8 Å². The summed E-state index contributed by atoms with van der Waals surface area (Å²) in [6.45, 7) is 6.45. The highest BCUT2D eigenvalue weighted by molar-refractivity contribution is 5.98. The number of carbonyl (C=O) groups is 2. The van der Waals surface area contributed by atoms with Gasteiger partial charge in [0.1, 0.15) is 17.3 Å². The van der Waals surface area contributed by atoms with Crippen molar-refractivity contribution in [1.82, 2.24) is 0 Å². The molecule has 1 aromatic carbocycles. The van der Waals surface area contributed by atoms with Gasteiger partial charge in [0.15, 0.2) is 11.6 Å². The molecule has 0 spiro atoms. The maximum absolute atomic E-state index is 13.9. The van der Waals surface area contributed by atoms with Gasteiger partial charge in [0.25, 0.3) is 0 Å². The minimum absolute atomic E-state index is 0.0437. The van der Waals surface area contributed by atoms with Gasteiger partial charge in [0.05, 0.1) is 0 Å². The van der Waals surface area contributed by atoms with Crippen LogP contribution in [0.2, 0.25) is 0 Å². The van der Waals surface area contributed by atoms with Crippen molar-refractivity contribution < 1.29 is 28.2 Å². The SMILES string of the molecule is CC(=O)C(Cc1cc(F)c2c(c1)OCO2)C(=O)OC(C)(C)C. The zero-order valence-electron chi connectivity index (χ0n) is 13.1. The molecule has 5 nitrogen and oxygen atoms in total. The first-order chi connectivity index (χ1) is 10.2. The summed E-state index contributed by atoms with van der Waals surface area (Å²) >= 11 is 0. The Morgan fingerprint density at radius 3 is 2.59 bits per heavy atom. The Hall–Kier alpha value is -2.11. The fourth-order valence-corrected chi connectivity index (χ4v) is 2.14. The number of carbonyl (C=O) groups excluding carboxylic acids is 2. The van der Waals surface area contributed by atoms with Gasteiger partial charge in [-0.3, -0.25) is 9.59 Å². The molecule has 1 aliphatic rings. The maximum atomic E-state index is 13.9. The van der Waals surface area contributed by atoms with E-state index >= 15 is 0 Å². The molecule has 22 heavy (non-hydrogen) atoms. The number of ether oxygens (including phenoxy) is 3. The summed E-state index contributed by atoms with van der Waals surface area (Å²) in [5.41, 5.74) is -0.210. The normalized spacial score (nSPS) is 14.6. The fourth-order valence-electron chi connectivity index (χ4n) is 2.14. The minimum atomic E-state index is -0.973. The molecular weight excluding hydrogens is 291 g/mol. The Morgan fingerprint density at radius 1 is 1.32 bits per heavy atom. The van der Waals surface area contributed by atoms with E-state index in [1.807, 2.05) is 0 Å². The van der Waals surface area contributed by atoms with Crippen LogP contribution >= 0.6 is 0 Å². The fraction of sp³-hybridized carbons (Fsp3) is 0.500. The number of Topliss-reactive ketones (excluding diaryl/α,β-unsaturated/α-hetero) is 1. The van der Waals surface area contributed by atoms with Crippen LogP contribution in [0, 0.1) is 11.7 Å². The third-order valence-corrected chi connectivity index (χ3v) is 3.11. The molecular formula is C16H19FO5. The highest BCUT2D eigenvalue weighted by Gasteiger charge is 2.30. The molecule has 1 unspecified atom stereocenters. The van der Waals surface area contributed by atoms with Crippen molar-refractivity contribution in [1.29, 1.82) is 0 Å². The lowest BCUT2D eigenvalue weighted by Gasteiger charge is -2.23. The van der Waals surface area contributed by atoms with Crippen molar-refractivity contribution in [2.45, 2.75) is 39.7 Å². The molecule has 0 aromatic heterocycles. The molecule has 6 heteroatoms. The van der Waals surface area contributed by atoms with Crippen molar-refractivity contribution in [3.05, 3.63) is 23.5 Å². The Labute approximate surface area is 128 Å². The molecule has 0 bridgehead atoms. The number of rotatable bonds is 4. The van der Waals surface area contributed by atoms with Crippen LogP contribution in [0.25, 0.3) is 0 Å². The van der Waals surface area contributed by atoms with E-state index < -0.39 is 23.3 Å². The number of esters is 1. The lowest BCUT2D eigenvalue weighted by molar-refractivity contribution is -0.161. The molecule has 0 N–H and O–H groups in total. The average molecular weight is 310 g/mol. The largest absolute Gasteiger partial charge is 0.459 e. The number of fused-ring (bicyclic) bond motifs is 1. The summed E-state index contributed by atoms with van der Waals surface area (Å²) < 4.78 is 29.2. The second kappa shape index (κ2) is 5.94. The van der Waals surface area contributed by atoms with Gasteiger partial charge in [0.2, 0.25) is 12.5 Å². The van der Waals surface area contributed by atoms with E-state index in [9.17, 15) is 14.0 Å². The van der Waals surface area contributed by atoms with Crippen LogP contribution in [-0.4, -0.2) is 24.1 Å². The molecule has 120 valence electrons. The summed E-state index contributed by atoms with van der Waals surface area (Å²) in [6, 6.07) is 2.82.